The molecule has 0 amide bonds. The lowest BCUT2D eigenvalue weighted by Crippen LogP contribution is -2.37. The summed E-state index contributed by atoms with van der Waals surface area (Å²) in [7, 11) is 0. The third-order valence-corrected chi connectivity index (χ3v) is 9.11. The van der Waals surface area contributed by atoms with Crippen molar-refractivity contribution in [1.82, 2.24) is 19.9 Å². The lowest BCUT2D eigenvalue weighted by Gasteiger charge is -2.24. The Hall–Kier alpha value is -3.13. The fourth-order valence-corrected chi connectivity index (χ4v) is 6.93. The zero-order chi connectivity index (χ0) is 27.9. The zero-order valence-corrected chi connectivity index (χ0v) is 24.3. The first-order valence-electron chi connectivity index (χ1n) is 14.7. The summed E-state index contributed by atoms with van der Waals surface area (Å²) in [6.07, 6.45) is 10.5. The lowest BCUT2D eigenvalue weighted by atomic mass is 10.0. The molecule has 1 saturated heterocycles. The van der Waals surface area contributed by atoms with E-state index in [2.05, 4.69) is 15.6 Å². The molecule has 212 valence electrons. The number of pyridine rings is 1. The molecular formula is C32H33Cl2N5O2. The number of nitrogens with zero attached hydrogens (tertiary/aromatic N) is 3. The zero-order valence-electron chi connectivity index (χ0n) is 22.8. The fourth-order valence-electron chi connectivity index (χ4n) is 6.22. The summed E-state index contributed by atoms with van der Waals surface area (Å²) in [5.41, 5.74) is 3.58. The molecule has 41 heavy (non-hydrogen) atoms. The molecule has 2 N–H and O–H groups in total. The van der Waals surface area contributed by atoms with Gasteiger partial charge in [0.1, 0.15) is 17.5 Å². The molecule has 1 unspecified atom stereocenters. The Kier molecular flexibility index (Phi) is 7.35. The molecule has 2 aromatic carbocycles. The Morgan fingerprint density at radius 1 is 0.951 bits per heavy atom. The van der Waals surface area contributed by atoms with Crippen LogP contribution in [0.25, 0.3) is 22.2 Å². The Morgan fingerprint density at radius 2 is 1.71 bits per heavy atom. The van der Waals surface area contributed by atoms with Gasteiger partial charge in [0.25, 0.3) is 5.56 Å². The summed E-state index contributed by atoms with van der Waals surface area (Å²) < 4.78 is 7.96. The van der Waals surface area contributed by atoms with Crippen LogP contribution in [0.3, 0.4) is 0 Å². The number of benzene rings is 2. The van der Waals surface area contributed by atoms with E-state index in [9.17, 15) is 4.79 Å². The molecule has 1 atom stereocenters. The van der Waals surface area contributed by atoms with Gasteiger partial charge in [-0.15, -0.1) is 0 Å². The lowest BCUT2D eigenvalue weighted by molar-refractivity contribution is 0.167. The molecular weight excluding hydrogens is 557 g/mol. The van der Waals surface area contributed by atoms with Gasteiger partial charge in [-0.25, -0.2) is 4.98 Å². The number of ether oxygens (including phenoxy) is 1. The van der Waals surface area contributed by atoms with E-state index >= 15 is 0 Å². The topological polar surface area (TPSA) is 81.1 Å². The molecule has 3 aliphatic rings. The molecule has 1 aliphatic heterocycles. The van der Waals surface area contributed by atoms with Gasteiger partial charge >= 0.3 is 0 Å². The van der Waals surface area contributed by atoms with Crippen LogP contribution in [0.1, 0.15) is 68.9 Å². The van der Waals surface area contributed by atoms with Crippen LogP contribution in [0.2, 0.25) is 10.0 Å². The molecule has 2 aromatic heterocycles. The third kappa shape index (κ3) is 5.55. The van der Waals surface area contributed by atoms with Gasteiger partial charge in [0.2, 0.25) is 5.95 Å². The molecule has 7 nitrogen and oxygen atoms in total. The average molecular weight is 591 g/mol. The number of halogens is 2. The highest BCUT2D eigenvalue weighted by atomic mass is 35.5. The van der Waals surface area contributed by atoms with Crippen molar-refractivity contribution in [2.75, 3.05) is 18.4 Å². The number of hydrogen-bond donors (Lipinski definition) is 2. The van der Waals surface area contributed by atoms with Gasteiger partial charge < -0.3 is 15.4 Å². The van der Waals surface area contributed by atoms with Crippen LogP contribution in [0.5, 0.6) is 5.75 Å². The van der Waals surface area contributed by atoms with Crippen molar-refractivity contribution in [3.63, 3.8) is 0 Å². The maximum atomic E-state index is 14.1. The largest absolute Gasteiger partial charge is 0.489 e. The first kappa shape index (κ1) is 26.7. The summed E-state index contributed by atoms with van der Waals surface area (Å²) in [6, 6.07) is 13.7. The first-order valence-corrected chi connectivity index (χ1v) is 15.4. The summed E-state index contributed by atoms with van der Waals surface area (Å²) in [5, 5.41) is 8.49. The van der Waals surface area contributed by atoms with E-state index in [-0.39, 0.29) is 17.7 Å². The van der Waals surface area contributed by atoms with Crippen LogP contribution in [0.4, 0.5) is 11.6 Å². The van der Waals surface area contributed by atoms with E-state index in [4.69, 9.17) is 32.9 Å². The summed E-state index contributed by atoms with van der Waals surface area (Å²) in [5.74, 6) is 1.79. The SMILES string of the molecule is O=c1c(-c2c(Cl)cc(C3CC3)cc2Cl)cc2cnc(Nc3ccc(OC4CCCNC4)cc3)nc2n1C1CCCC1. The number of fused-ring (bicyclic) bond motifs is 1. The first-order chi connectivity index (χ1) is 20.0. The van der Waals surface area contributed by atoms with Crippen LogP contribution in [-0.4, -0.2) is 33.7 Å². The van der Waals surface area contributed by atoms with Gasteiger partial charge in [0.05, 0.1) is 15.6 Å². The van der Waals surface area contributed by atoms with Gasteiger partial charge in [0, 0.05) is 35.4 Å². The molecule has 3 fully saturated rings. The molecule has 0 radical (unpaired) electrons. The smallest absolute Gasteiger partial charge is 0.260 e. The monoisotopic (exact) mass is 589 g/mol. The fraction of sp³-hybridized carbons (Fsp3) is 0.406. The molecule has 2 saturated carbocycles. The van der Waals surface area contributed by atoms with E-state index in [0.29, 0.717) is 38.7 Å². The second-order valence-electron chi connectivity index (χ2n) is 11.5. The highest BCUT2D eigenvalue weighted by Gasteiger charge is 2.28. The Bertz CT molecular complexity index is 1620. The van der Waals surface area contributed by atoms with Crippen LogP contribution < -0.4 is 20.9 Å². The summed E-state index contributed by atoms with van der Waals surface area (Å²) >= 11 is 13.5. The number of hydrogen-bond acceptors (Lipinski definition) is 6. The number of rotatable bonds is 7. The Labute approximate surface area is 249 Å². The highest BCUT2D eigenvalue weighted by molar-refractivity contribution is 6.39. The maximum Gasteiger partial charge on any atom is 0.260 e. The molecule has 7 rings (SSSR count). The van der Waals surface area contributed by atoms with E-state index in [1.165, 1.54) is 0 Å². The van der Waals surface area contributed by atoms with Crippen LogP contribution in [0.15, 0.2) is 53.5 Å². The molecule has 9 heteroatoms. The molecule has 4 aromatic rings. The van der Waals surface area contributed by atoms with Crippen molar-refractivity contribution < 1.29 is 4.74 Å². The van der Waals surface area contributed by atoms with Crippen LogP contribution >= 0.6 is 23.2 Å². The number of anilines is 2. The summed E-state index contributed by atoms with van der Waals surface area (Å²) in [6.45, 7) is 1.93. The van der Waals surface area contributed by atoms with Crippen molar-refractivity contribution in [3.8, 4) is 16.9 Å². The second kappa shape index (κ2) is 11.3. The van der Waals surface area contributed by atoms with Gasteiger partial charge in [-0.3, -0.25) is 9.36 Å². The third-order valence-electron chi connectivity index (χ3n) is 8.51. The van der Waals surface area contributed by atoms with Crippen LogP contribution in [0, 0.1) is 0 Å². The minimum absolute atomic E-state index is 0.0710. The Balaban J connectivity index is 1.22. The number of aromatic nitrogens is 3. The summed E-state index contributed by atoms with van der Waals surface area (Å²) in [4.78, 5) is 23.6. The maximum absolute atomic E-state index is 14.1. The number of nitrogens with one attached hydrogen (secondary N) is 2. The molecule has 0 spiro atoms. The van der Waals surface area contributed by atoms with E-state index < -0.39 is 0 Å². The van der Waals surface area contributed by atoms with Crippen molar-refractivity contribution in [2.24, 2.45) is 0 Å². The van der Waals surface area contributed by atoms with Crippen molar-refractivity contribution in [3.05, 3.63) is 74.6 Å². The van der Waals surface area contributed by atoms with Crippen molar-refractivity contribution >= 4 is 45.9 Å². The van der Waals surface area contributed by atoms with Crippen molar-refractivity contribution in [1.29, 1.82) is 0 Å². The second-order valence-corrected chi connectivity index (χ2v) is 12.3. The normalized spacial score (nSPS) is 19.5. The van der Waals surface area contributed by atoms with Gasteiger partial charge in [-0.2, -0.15) is 4.98 Å². The predicted octanol–water partition coefficient (Wildman–Crippen LogP) is 7.63. The molecule has 2 aliphatic carbocycles. The van der Waals surface area contributed by atoms with E-state index in [1.54, 1.807) is 6.20 Å². The van der Waals surface area contributed by atoms with E-state index in [1.807, 2.05) is 47.0 Å². The number of piperidine rings is 1. The van der Waals surface area contributed by atoms with Crippen LogP contribution in [-0.2, 0) is 0 Å². The average Bonchev–Trinajstić information content (AvgIpc) is 3.69. The van der Waals surface area contributed by atoms with Gasteiger partial charge in [-0.05, 0) is 99.0 Å². The van der Waals surface area contributed by atoms with Gasteiger partial charge in [0.15, 0.2) is 0 Å². The molecule has 3 heterocycles. The standard InChI is InChI=1S/C32H33Cl2N5O2/c33-27-15-20(19-7-8-19)16-28(34)29(27)26-14-21-17-36-32(38-30(21)39(31(26)40)23-4-1-2-5-23)37-22-9-11-24(12-10-22)41-25-6-3-13-35-18-25/h9-12,14-17,19,23,25,35H,1-8,13,18H2,(H,36,37,38). The van der Waals surface area contributed by atoms with Gasteiger partial charge in [-0.1, -0.05) is 36.0 Å². The van der Waals surface area contributed by atoms with Crippen molar-refractivity contribution in [2.45, 2.75) is 69.4 Å². The Morgan fingerprint density at radius 3 is 2.39 bits per heavy atom. The molecule has 0 bridgehead atoms. The highest BCUT2D eigenvalue weighted by Crippen LogP contribution is 2.45. The predicted molar refractivity (Wildman–Crippen MR) is 165 cm³/mol. The quantitative estimate of drug-likeness (QED) is 0.230. The van der Waals surface area contributed by atoms with E-state index in [0.717, 1.165) is 86.8 Å². The minimum atomic E-state index is -0.115. The minimum Gasteiger partial charge on any atom is -0.489 e.